The number of hydrogen-bond donors (Lipinski definition) is 0. The average Bonchev–Trinajstić information content (AvgIpc) is 2.61. The molecule has 2 rings (SSSR count). The van der Waals surface area contributed by atoms with Crippen LogP contribution in [0.5, 0.6) is 11.5 Å². The van der Waals surface area contributed by atoms with Crippen molar-refractivity contribution in [3.8, 4) is 11.5 Å². The normalized spacial score (nSPS) is 15.7. The number of aryl methyl sites for hydroxylation is 1. The highest BCUT2D eigenvalue weighted by molar-refractivity contribution is 5.68. The van der Waals surface area contributed by atoms with Gasteiger partial charge in [-0.25, -0.2) is 4.79 Å². The lowest BCUT2D eigenvalue weighted by Crippen LogP contribution is -2.41. The van der Waals surface area contributed by atoms with Crippen LogP contribution >= 0.6 is 0 Å². The number of carbonyl (C=O) groups is 1. The van der Waals surface area contributed by atoms with Crippen LogP contribution in [-0.4, -0.2) is 43.9 Å². The van der Waals surface area contributed by atoms with Crippen LogP contribution in [0.4, 0.5) is 4.79 Å². The minimum absolute atomic E-state index is 0.182. The van der Waals surface area contributed by atoms with Crippen LogP contribution in [0.25, 0.3) is 0 Å². The Morgan fingerprint density at radius 2 is 1.85 bits per heavy atom. The van der Waals surface area contributed by atoms with Gasteiger partial charge < -0.3 is 19.1 Å². The van der Waals surface area contributed by atoms with Gasteiger partial charge in [-0.05, 0) is 70.4 Å². The molecule has 5 nitrogen and oxygen atoms in total. The molecule has 1 amide bonds. The van der Waals surface area contributed by atoms with Crippen molar-refractivity contribution >= 4 is 6.09 Å². The third kappa shape index (κ3) is 6.11. The molecule has 1 heterocycles. The second-order valence-corrected chi connectivity index (χ2v) is 7.98. The Labute approximate surface area is 157 Å². The van der Waals surface area contributed by atoms with E-state index in [0.29, 0.717) is 5.92 Å². The van der Waals surface area contributed by atoms with Gasteiger partial charge in [-0.2, -0.15) is 0 Å². The molecule has 0 N–H and O–H groups in total. The highest BCUT2D eigenvalue weighted by Gasteiger charge is 2.26. The number of piperidine rings is 1. The van der Waals surface area contributed by atoms with Crippen molar-refractivity contribution in [1.29, 1.82) is 0 Å². The first-order chi connectivity index (χ1) is 12.3. The predicted molar refractivity (Wildman–Crippen MR) is 103 cm³/mol. The van der Waals surface area contributed by atoms with Gasteiger partial charge in [0.15, 0.2) is 0 Å². The van der Waals surface area contributed by atoms with E-state index in [9.17, 15) is 4.79 Å². The largest absolute Gasteiger partial charge is 0.497 e. The van der Waals surface area contributed by atoms with E-state index in [1.165, 1.54) is 12.0 Å². The fraction of sp³-hybridized carbons (Fsp3) is 0.667. The van der Waals surface area contributed by atoms with Gasteiger partial charge >= 0.3 is 6.09 Å². The summed E-state index contributed by atoms with van der Waals surface area (Å²) in [5, 5.41) is 0. The molecule has 0 spiro atoms. The van der Waals surface area contributed by atoms with Gasteiger partial charge in [-0.15, -0.1) is 0 Å². The van der Waals surface area contributed by atoms with Gasteiger partial charge in [0, 0.05) is 19.2 Å². The minimum atomic E-state index is -0.425. The molecule has 1 fully saturated rings. The summed E-state index contributed by atoms with van der Waals surface area (Å²) >= 11 is 0. The maximum absolute atomic E-state index is 12.1. The van der Waals surface area contributed by atoms with Crippen molar-refractivity contribution in [2.45, 2.75) is 58.5 Å². The molecule has 0 aromatic heterocycles. The van der Waals surface area contributed by atoms with Crippen molar-refractivity contribution in [1.82, 2.24) is 4.90 Å². The van der Waals surface area contributed by atoms with E-state index < -0.39 is 5.60 Å². The topological polar surface area (TPSA) is 48.0 Å². The van der Waals surface area contributed by atoms with Crippen LogP contribution in [0.15, 0.2) is 18.2 Å². The molecule has 0 radical (unpaired) electrons. The molecule has 146 valence electrons. The van der Waals surface area contributed by atoms with Gasteiger partial charge in [-0.1, -0.05) is 6.07 Å². The van der Waals surface area contributed by atoms with Crippen LogP contribution < -0.4 is 9.47 Å². The molecular formula is C21H33NO4. The zero-order chi connectivity index (χ0) is 19.2. The van der Waals surface area contributed by atoms with Crippen LogP contribution in [0, 0.1) is 5.92 Å². The lowest BCUT2D eigenvalue weighted by atomic mass is 9.91. The third-order valence-electron chi connectivity index (χ3n) is 4.82. The first kappa shape index (κ1) is 20.4. The van der Waals surface area contributed by atoms with Crippen LogP contribution in [0.1, 0.15) is 52.0 Å². The molecule has 0 aliphatic carbocycles. The first-order valence-electron chi connectivity index (χ1n) is 9.51. The molecule has 5 heteroatoms. The SMILES string of the molecule is COc1ccc(CCCC2CCN(C(=O)OC(C)(C)C)CC2)c(OC)c1. The van der Waals surface area contributed by atoms with Crippen LogP contribution in [0.2, 0.25) is 0 Å². The summed E-state index contributed by atoms with van der Waals surface area (Å²) in [6, 6.07) is 6.01. The molecule has 1 aromatic rings. The number of amides is 1. The molecule has 0 saturated carbocycles. The Morgan fingerprint density at radius 1 is 1.15 bits per heavy atom. The Balaban J connectivity index is 1.75. The highest BCUT2D eigenvalue weighted by atomic mass is 16.6. The molecule has 1 aliphatic rings. The molecule has 1 aromatic carbocycles. The molecule has 26 heavy (non-hydrogen) atoms. The van der Waals surface area contributed by atoms with Crippen molar-refractivity contribution in [2.24, 2.45) is 5.92 Å². The summed E-state index contributed by atoms with van der Waals surface area (Å²) < 4.78 is 16.2. The summed E-state index contributed by atoms with van der Waals surface area (Å²) in [5.41, 5.74) is 0.797. The zero-order valence-electron chi connectivity index (χ0n) is 16.8. The van der Waals surface area contributed by atoms with Crippen molar-refractivity contribution in [3.63, 3.8) is 0 Å². The van der Waals surface area contributed by atoms with E-state index in [0.717, 1.165) is 50.3 Å². The molecule has 1 aliphatic heterocycles. The Kier molecular flexibility index (Phi) is 7.18. The number of hydrogen-bond acceptors (Lipinski definition) is 4. The van der Waals surface area contributed by atoms with Gasteiger partial charge in [0.25, 0.3) is 0 Å². The monoisotopic (exact) mass is 363 g/mol. The smallest absolute Gasteiger partial charge is 0.410 e. The van der Waals surface area contributed by atoms with Crippen LogP contribution in [-0.2, 0) is 11.2 Å². The quantitative estimate of drug-likeness (QED) is 0.737. The maximum Gasteiger partial charge on any atom is 0.410 e. The second-order valence-electron chi connectivity index (χ2n) is 7.98. The van der Waals surface area contributed by atoms with E-state index in [2.05, 4.69) is 6.07 Å². The lowest BCUT2D eigenvalue weighted by Gasteiger charge is -2.33. The highest BCUT2D eigenvalue weighted by Crippen LogP contribution is 2.28. The minimum Gasteiger partial charge on any atom is -0.497 e. The van der Waals surface area contributed by atoms with Crippen molar-refractivity contribution in [2.75, 3.05) is 27.3 Å². The number of carbonyl (C=O) groups excluding carboxylic acids is 1. The first-order valence-corrected chi connectivity index (χ1v) is 9.51. The number of ether oxygens (including phenoxy) is 3. The number of benzene rings is 1. The van der Waals surface area contributed by atoms with Gasteiger partial charge in [0.2, 0.25) is 0 Å². The van der Waals surface area contributed by atoms with E-state index >= 15 is 0 Å². The second kappa shape index (κ2) is 9.15. The molecule has 0 unspecified atom stereocenters. The van der Waals surface area contributed by atoms with E-state index in [-0.39, 0.29) is 6.09 Å². The molecule has 1 saturated heterocycles. The number of nitrogens with zero attached hydrogens (tertiary/aromatic N) is 1. The van der Waals surface area contributed by atoms with E-state index in [1.807, 2.05) is 37.8 Å². The van der Waals surface area contributed by atoms with E-state index in [4.69, 9.17) is 14.2 Å². The summed E-state index contributed by atoms with van der Waals surface area (Å²) in [6.45, 7) is 7.32. The fourth-order valence-corrected chi connectivity index (χ4v) is 3.37. The van der Waals surface area contributed by atoms with Gasteiger partial charge in [0.1, 0.15) is 17.1 Å². The number of likely N-dealkylation sites (tertiary alicyclic amines) is 1. The zero-order valence-corrected chi connectivity index (χ0v) is 16.8. The number of methoxy groups -OCH3 is 2. The summed E-state index contributed by atoms with van der Waals surface area (Å²) in [6.07, 6.45) is 5.23. The maximum atomic E-state index is 12.1. The molecule has 0 bridgehead atoms. The van der Waals surface area contributed by atoms with E-state index in [1.54, 1.807) is 14.2 Å². The number of rotatable bonds is 6. The fourth-order valence-electron chi connectivity index (χ4n) is 3.37. The predicted octanol–water partition coefficient (Wildman–Crippen LogP) is 4.67. The summed E-state index contributed by atoms with van der Waals surface area (Å²) in [7, 11) is 3.36. The standard InChI is InChI=1S/C21H33NO4/c1-21(2,3)26-20(23)22-13-11-16(12-14-22)7-6-8-17-9-10-18(24-4)15-19(17)25-5/h9-10,15-16H,6-8,11-14H2,1-5H3. The lowest BCUT2D eigenvalue weighted by molar-refractivity contribution is 0.0180. The van der Waals surface area contributed by atoms with Crippen LogP contribution in [0.3, 0.4) is 0 Å². The summed E-state index contributed by atoms with van der Waals surface area (Å²) in [5.74, 6) is 2.39. The Morgan fingerprint density at radius 3 is 2.42 bits per heavy atom. The molecule has 0 atom stereocenters. The third-order valence-corrected chi connectivity index (χ3v) is 4.82. The average molecular weight is 363 g/mol. The Hall–Kier alpha value is -1.91. The Bertz CT molecular complexity index is 586. The summed E-state index contributed by atoms with van der Waals surface area (Å²) in [4.78, 5) is 14.0. The van der Waals surface area contributed by atoms with Crippen molar-refractivity contribution < 1.29 is 19.0 Å². The molecular weight excluding hydrogens is 330 g/mol. The van der Waals surface area contributed by atoms with Gasteiger partial charge in [0.05, 0.1) is 14.2 Å². The van der Waals surface area contributed by atoms with Crippen molar-refractivity contribution in [3.05, 3.63) is 23.8 Å². The van der Waals surface area contributed by atoms with Gasteiger partial charge in [-0.3, -0.25) is 0 Å².